The van der Waals surface area contributed by atoms with E-state index in [0.29, 0.717) is 17.1 Å². The SMILES string of the molecule is CC(=Nc1ccc([N+](=O)[O-])cc1)/C(C)=N\O. The number of oxime groups is 1. The monoisotopic (exact) mass is 221 g/mol. The molecule has 6 nitrogen and oxygen atoms in total. The van der Waals surface area contributed by atoms with Gasteiger partial charge < -0.3 is 5.21 Å². The van der Waals surface area contributed by atoms with Gasteiger partial charge in [0.15, 0.2) is 0 Å². The number of nitrogens with zero attached hydrogens (tertiary/aromatic N) is 3. The molecule has 1 aromatic rings. The summed E-state index contributed by atoms with van der Waals surface area (Å²) < 4.78 is 0. The normalized spacial score (nSPS) is 12.6. The topological polar surface area (TPSA) is 88.1 Å². The summed E-state index contributed by atoms with van der Waals surface area (Å²) in [6, 6.07) is 5.81. The molecule has 0 bridgehead atoms. The average molecular weight is 221 g/mol. The molecule has 0 aliphatic carbocycles. The second kappa shape index (κ2) is 5.01. The zero-order chi connectivity index (χ0) is 12.1. The molecule has 0 radical (unpaired) electrons. The highest BCUT2D eigenvalue weighted by molar-refractivity contribution is 6.40. The summed E-state index contributed by atoms with van der Waals surface area (Å²) >= 11 is 0. The number of hydrogen-bond donors (Lipinski definition) is 1. The van der Waals surface area contributed by atoms with E-state index in [0.717, 1.165) is 0 Å². The van der Waals surface area contributed by atoms with E-state index in [2.05, 4.69) is 10.1 Å². The van der Waals surface area contributed by atoms with E-state index in [1.165, 1.54) is 24.3 Å². The van der Waals surface area contributed by atoms with E-state index < -0.39 is 4.92 Å². The standard InChI is InChI=1S/C10H11N3O3/c1-7(8(2)12-14)11-9-3-5-10(6-4-9)13(15)16/h3-6,14H,1-2H3/b11-7?,12-8-. The van der Waals surface area contributed by atoms with Crippen LogP contribution >= 0.6 is 0 Å². The predicted octanol–water partition coefficient (Wildman–Crippen LogP) is 2.54. The number of rotatable bonds is 3. The second-order valence-electron chi connectivity index (χ2n) is 3.16. The van der Waals surface area contributed by atoms with Gasteiger partial charge in [-0.05, 0) is 26.0 Å². The minimum atomic E-state index is -0.471. The first kappa shape index (κ1) is 11.8. The molecule has 0 aromatic heterocycles. The van der Waals surface area contributed by atoms with Gasteiger partial charge in [-0.3, -0.25) is 15.1 Å². The summed E-state index contributed by atoms with van der Waals surface area (Å²) in [6.07, 6.45) is 0. The van der Waals surface area contributed by atoms with E-state index in [1.54, 1.807) is 13.8 Å². The number of nitro groups is 1. The average Bonchev–Trinajstić information content (AvgIpc) is 2.28. The van der Waals surface area contributed by atoms with Crippen LogP contribution in [0, 0.1) is 10.1 Å². The number of nitro benzene ring substituents is 1. The quantitative estimate of drug-likeness (QED) is 0.368. The van der Waals surface area contributed by atoms with Gasteiger partial charge in [0.25, 0.3) is 5.69 Å². The maximum atomic E-state index is 10.4. The Hall–Kier alpha value is -2.24. The molecule has 0 atom stereocenters. The molecule has 0 spiro atoms. The zero-order valence-corrected chi connectivity index (χ0v) is 8.91. The van der Waals surface area contributed by atoms with Crippen LogP contribution < -0.4 is 0 Å². The van der Waals surface area contributed by atoms with Gasteiger partial charge >= 0.3 is 0 Å². The molecule has 84 valence electrons. The van der Waals surface area contributed by atoms with Gasteiger partial charge in [-0.2, -0.15) is 0 Å². The van der Waals surface area contributed by atoms with Crippen LogP contribution in [0.15, 0.2) is 34.4 Å². The Balaban J connectivity index is 2.95. The van der Waals surface area contributed by atoms with Crippen molar-refractivity contribution in [2.75, 3.05) is 0 Å². The Morgan fingerprint density at radius 2 is 1.81 bits per heavy atom. The summed E-state index contributed by atoms with van der Waals surface area (Å²) in [5, 5.41) is 21.9. The lowest BCUT2D eigenvalue weighted by Crippen LogP contribution is -2.04. The molecule has 16 heavy (non-hydrogen) atoms. The van der Waals surface area contributed by atoms with Gasteiger partial charge in [0, 0.05) is 12.1 Å². The van der Waals surface area contributed by atoms with Gasteiger partial charge in [0.2, 0.25) is 0 Å². The maximum absolute atomic E-state index is 10.4. The largest absolute Gasteiger partial charge is 0.411 e. The first-order chi connectivity index (χ1) is 7.54. The van der Waals surface area contributed by atoms with Crippen molar-refractivity contribution in [3.63, 3.8) is 0 Å². The molecule has 0 unspecified atom stereocenters. The van der Waals surface area contributed by atoms with E-state index >= 15 is 0 Å². The van der Waals surface area contributed by atoms with Crippen molar-refractivity contribution in [1.82, 2.24) is 0 Å². The van der Waals surface area contributed by atoms with E-state index in [-0.39, 0.29) is 5.69 Å². The molecule has 1 aromatic carbocycles. The molecule has 0 fully saturated rings. The minimum absolute atomic E-state index is 0.0177. The maximum Gasteiger partial charge on any atom is 0.269 e. The van der Waals surface area contributed by atoms with Crippen LogP contribution in [0.1, 0.15) is 13.8 Å². The number of non-ortho nitro benzene ring substituents is 1. The molecular weight excluding hydrogens is 210 g/mol. The van der Waals surface area contributed by atoms with Gasteiger partial charge in [-0.15, -0.1) is 0 Å². The first-order valence-electron chi connectivity index (χ1n) is 4.53. The third-order valence-corrected chi connectivity index (χ3v) is 2.03. The lowest BCUT2D eigenvalue weighted by atomic mass is 10.2. The van der Waals surface area contributed by atoms with Gasteiger partial charge in [-0.1, -0.05) is 5.16 Å². The minimum Gasteiger partial charge on any atom is -0.411 e. The summed E-state index contributed by atoms with van der Waals surface area (Å²) in [4.78, 5) is 14.1. The predicted molar refractivity (Wildman–Crippen MR) is 60.8 cm³/mol. The highest BCUT2D eigenvalue weighted by atomic mass is 16.6. The smallest absolute Gasteiger partial charge is 0.269 e. The molecule has 1 rings (SSSR count). The fraction of sp³-hybridized carbons (Fsp3) is 0.200. The Morgan fingerprint density at radius 3 is 2.25 bits per heavy atom. The number of benzene rings is 1. The van der Waals surface area contributed by atoms with Crippen molar-refractivity contribution < 1.29 is 10.1 Å². The molecule has 0 saturated carbocycles. The summed E-state index contributed by atoms with van der Waals surface area (Å²) in [6.45, 7) is 3.31. The Kier molecular flexibility index (Phi) is 3.71. The fourth-order valence-corrected chi connectivity index (χ4v) is 0.996. The van der Waals surface area contributed by atoms with Gasteiger partial charge in [0.1, 0.15) is 0 Å². The second-order valence-corrected chi connectivity index (χ2v) is 3.16. The van der Waals surface area contributed by atoms with Gasteiger partial charge in [0.05, 0.1) is 22.0 Å². The molecule has 0 saturated heterocycles. The van der Waals surface area contributed by atoms with Crippen LogP contribution in [0.25, 0.3) is 0 Å². The molecular formula is C10H11N3O3. The van der Waals surface area contributed by atoms with Crippen LogP contribution in [0.2, 0.25) is 0 Å². The summed E-state index contributed by atoms with van der Waals surface area (Å²) in [5.74, 6) is 0. The van der Waals surface area contributed by atoms with Crippen LogP contribution in [0.4, 0.5) is 11.4 Å². The number of aliphatic imine (C=N–C) groups is 1. The van der Waals surface area contributed by atoms with Crippen LogP contribution in [0.3, 0.4) is 0 Å². The van der Waals surface area contributed by atoms with E-state index in [1.807, 2.05) is 0 Å². The molecule has 0 aliphatic rings. The molecule has 0 aliphatic heterocycles. The third kappa shape index (κ3) is 2.88. The highest BCUT2D eigenvalue weighted by Gasteiger charge is 2.04. The Labute approximate surface area is 92.1 Å². The highest BCUT2D eigenvalue weighted by Crippen LogP contribution is 2.18. The van der Waals surface area contributed by atoms with Crippen molar-refractivity contribution in [1.29, 1.82) is 0 Å². The molecule has 6 heteroatoms. The van der Waals surface area contributed by atoms with Crippen LogP contribution in [-0.4, -0.2) is 21.6 Å². The van der Waals surface area contributed by atoms with Crippen LogP contribution in [0.5, 0.6) is 0 Å². The van der Waals surface area contributed by atoms with Crippen molar-refractivity contribution >= 4 is 22.8 Å². The Morgan fingerprint density at radius 1 is 1.25 bits per heavy atom. The van der Waals surface area contributed by atoms with E-state index in [4.69, 9.17) is 5.21 Å². The van der Waals surface area contributed by atoms with Gasteiger partial charge in [-0.25, -0.2) is 0 Å². The Bertz CT molecular complexity index is 449. The van der Waals surface area contributed by atoms with Crippen molar-refractivity contribution in [3.05, 3.63) is 34.4 Å². The lowest BCUT2D eigenvalue weighted by molar-refractivity contribution is -0.384. The fourth-order valence-electron chi connectivity index (χ4n) is 0.996. The van der Waals surface area contributed by atoms with Crippen molar-refractivity contribution in [2.24, 2.45) is 10.1 Å². The third-order valence-electron chi connectivity index (χ3n) is 2.03. The van der Waals surface area contributed by atoms with Crippen LogP contribution in [-0.2, 0) is 0 Å². The van der Waals surface area contributed by atoms with E-state index in [9.17, 15) is 10.1 Å². The number of hydrogen-bond acceptors (Lipinski definition) is 5. The van der Waals surface area contributed by atoms with Crippen molar-refractivity contribution in [2.45, 2.75) is 13.8 Å². The molecule has 0 amide bonds. The van der Waals surface area contributed by atoms with Crippen molar-refractivity contribution in [3.8, 4) is 0 Å². The molecule has 0 heterocycles. The zero-order valence-electron chi connectivity index (χ0n) is 8.91. The summed E-state index contributed by atoms with van der Waals surface area (Å²) in [7, 11) is 0. The molecule has 1 N–H and O–H groups in total. The lowest BCUT2D eigenvalue weighted by Gasteiger charge is -1.98. The summed E-state index contributed by atoms with van der Waals surface area (Å²) in [5.41, 5.74) is 1.55. The first-order valence-corrected chi connectivity index (χ1v) is 4.53.